The van der Waals surface area contributed by atoms with E-state index in [0.29, 0.717) is 6.42 Å². The molecule has 0 aromatic rings. The first-order chi connectivity index (χ1) is 31.7. The minimum absolute atomic E-state index is 0.0747. The third kappa shape index (κ3) is 51.3. The second kappa shape index (κ2) is 55.7. The van der Waals surface area contributed by atoms with Crippen molar-refractivity contribution in [3.63, 3.8) is 0 Å². The lowest BCUT2D eigenvalue weighted by Gasteiger charge is -2.19. The summed E-state index contributed by atoms with van der Waals surface area (Å²) in [6.45, 7) is 4.27. The average molecular weight is 897 g/mol. The van der Waals surface area contributed by atoms with Crippen molar-refractivity contribution in [1.29, 1.82) is 0 Å². The van der Waals surface area contributed by atoms with Gasteiger partial charge in [0.15, 0.2) is 0 Å². The Hall–Kier alpha value is -1.65. The number of aliphatic hydroxyl groups excluding tert-OH is 2. The van der Waals surface area contributed by atoms with Crippen molar-refractivity contribution in [1.82, 2.24) is 5.32 Å². The zero-order chi connectivity index (χ0) is 46.3. The molecule has 0 bridgehead atoms. The number of hydrogen-bond donors (Lipinski definition) is 3. The van der Waals surface area contributed by atoms with E-state index in [1.807, 2.05) is 6.08 Å². The van der Waals surface area contributed by atoms with Crippen LogP contribution in [0, 0.1) is 0 Å². The minimum atomic E-state index is -0.868. The van der Waals surface area contributed by atoms with Crippen molar-refractivity contribution in [2.75, 3.05) is 6.61 Å². The first-order valence-corrected chi connectivity index (χ1v) is 28.9. The summed E-state index contributed by atoms with van der Waals surface area (Å²) >= 11 is 0. The average Bonchev–Trinajstić information content (AvgIpc) is 3.30. The number of carbonyl (C=O) groups is 1. The van der Waals surface area contributed by atoms with E-state index in [1.165, 1.54) is 250 Å². The van der Waals surface area contributed by atoms with E-state index in [0.717, 1.165) is 38.5 Å². The molecule has 0 radical (unpaired) electrons. The Labute approximate surface area is 401 Å². The number of carbonyl (C=O) groups excluding carboxylic acids is 1. The number of rotatable bonds is 53. The lowest BCUT2D eigenvalue weighted by Crippen LogP contribution is -2.45. The molecule has 0 aromatic heterocycles. The highest BCUT2D eigenvalue weighted by Crippen LogP contribution is 2.17. The summed E-state index contributed by atoms with van der Waals surface area (Å²) < 4.78 is 0. The first kappa shape index (κ1) is 62.4. The molecule has 2 unspecified atom stereocenters. The highest BCUT2D eigenvalue weighted by molar-refractivity contribution is 5.76. The van der Waals surface area contributed by atoms with E-state index in [2.05, 4.69) is 55.6 Å². The van der Waals surface area contributed by atoms with E-state index < -0.39 is 12.1 Å². The van der Waals surface area contributed by atoms with Gasteiger partial charge in [-0.2, -0.15) is 0 Å². The fourth-order valence-electron chi connectivity index (χ4n) is 8.86. The van der Waals surface area contributed by atoms with Crippen molar-refractivity contribution in [2.24, 2.45) is 0 Å². The van der Waals surface area contributed by atoms with Gasteiger partial charge in [-0.25, -0.2) is 0 Å². The molecule has 0 saturated carbocycles. The highest BCUT2D eigenvalue weighted by atomic mass is 16.3. The lowest BCUT2D eigenvalue weighted by molar-refractivity contribution is -0.123. The van der Waals surface area contributed by atoms with E-state index in [1.54, 1.807) is 6.08 Å². The predicted octanol–water partition coefficient (Wildman–Crippen LogP) is 19.0. The van der Waals surface area contributed by atoms with Crippen LogP contribution in [0.3, 0.4) is 0 Å². The molecule has 0 heterocycles. The molecule has 0 spiro atoms. The van der Waals surface area contributed by atoms with Crippen LogP contribution in [0.4, 0.5) is 0 Å². The normalized spacial score (nSPS) is 13.1. The van der Waals surface area contributed by atoms with Gasteiger partial charge in [-0.15, -0.1) is 0 Å². The molecule has 0 aliphatic carbocycles. The van der Waals surface area contributed by atoms with Crippen LogP contribution in [-0.2, 0) is 4.79 Å². The maximum atomic E-state index is 12.4. The van der Waals surface area contributed by atoms with Gasteiger partial charge in [-0.1, -0.05) is 281 Å². The summed E-state index contributed by atoms with van der Waals surface area (Å²) in [4.78, 5) is 12.4. The van der Waals surface area contributed by atoms with Crippen molar-refractivity contribution >= 4 is 5.91 Å². The zero-order valence-electron chi connectivity index (χ0n) is 43.3. The number of amides is 1. The Kier molecular flexibility index (Phi) is 54.2. The largest absolute Gasteiger partial charge is 0.394 e. The molecule has 376 valence electrons. The van der Waals surface area contributed by atoms with Gasteiger partial charge in [0.25, 0.3) is 0 Å². The van der Waals surface area contributed by atoms with Gasteiger partial charge in [0.2, 0.25) is 5.91 Å². The van der Waals surface area contributed by atoms with Gasteiger partial charge in [-0.3, -0.25) is 4.79 Å². The summed E-state index contributed by atoms with van der Waals surface area (Å²) in [5.74, 6) is -0.0747. The van der Waals surface area contributed by atoms with Crippen LogP contribution in [0.5, 0.6) is 0 Å². The summed E-state index contributed by atoms with van der Waals surface area (Å²) in [5.41, 5.74) is 0. The Morgan fingerprint density at radius 1 is 0.359 bits per heavy atom. The molecule has 0 rings (SSSR count). The Morgan fingerprint density at radius 2 is 0.609 bits per heavy atom. The summed E-state index contributed by atoms with van der Waals surface area (Å²) in [7, 11) is 0. The van der Waals surface area contributed by atoms with Gasteiger partial charge in [0, 0.05) is 6.42 Å². The topological polar surface area (TPSA) is 69.6 Å². The van der Waals surface area contributed by atoms with Crippen LogP contribution < -0.4 is 5.32 Å². The Balaban J connectivity index is 3.38. The molecule has 0 aromatic carbocycles. The van der Waals surface area contributed by atoms with Crippen LogP contribution in [0.25, 0.3) is 0 Å². The minimum Gasteiger partial charge on any atom is -0.394 e. The summed E-state index contributed by atoms with van der Waals surface area (Å²) in [5, 5.41) is 23.0. The van der Waals surface area contributed by atoms with Crippen LogP contribution in [0.15, 0.2) is 48.6 Å². The molecule has 4 heteroatoms. The molecule has 1 amide bonds. The van der Waals surface area contributed by atoms with Gasteiger partial charge in [0.1, 0.15) is 0 Å². The number of nitrogens with one attached hydrogen (secondary N) is 1. The van der Waals surface area contributed by atoms with Gasteiger partial charge < -0.3 is 15.5 Å². The van der Waals surface area contributed by atoms with Gasteiger partial charge in [-0.05, 0) is 70.6 Å². The molecular formula is C60H113NO3. The number of unbranched alkanes of at least 4 members (excludes halogenated alkanes) is 40. The molecule has 64 heavy (non-hydrogen) atoms. The summed E-state index contributed by atoms with van der Waals surface area (Å²) in [6.07, 6.45) is 77.3. The number of hydrogen-bond acceptors (Lipinski definition) is 3. The second-order valence-electron chi connectivity index (χ2n) is 19.7. The van der Waals surface area contributed by atoms with Gasteiger partial charge >= 0.3 is 0 Å². The second-order valence-corrected chi connectivity index (χ2v) is 19.7. The molecule has 0 fully saturated rings. The number of aliphatic hydroxyl groups is 2. The van der Waals surface area contributed by atoms with Crippen LogP contribution in [-0.4, -0.2) is 34.9 Å². The lowest BCUT2D eigenvalue weighted by atomic mass is 10.0. The molecule has 0 saturated heterocycles. The maximum Gasteiger partial charge on any atom is 0.220 e. The van der Waals surface area contributed by atoms with Crippen LogP contribution in [0.2, 0.25) is 0 Å². The molecule has 3 N–H and O–H groups in total. The van der Waals surface area contributed by atoms with E-state index >= 15 is 0 Å². The van der Waals surface area contributed by atoms with Crippen molar-refractivity contribution in [3.8, 4) is 0 Å². The van der Waals surface area contributed by atoms with E-state index in [-0.39, 0.29) is 12.5 Å². The fraction of sp³-hybridized carbons (Fsp3) is 0.850. The fourth-order valence-corrected chi connectivity index (χ4v) is 8.86. The first-order valence-electron chi connectivity index (χ1n) is 28.9. The van der Waals surface area contributed by atoms with Crippen molar-refractivity contribution in [2.45, 2.75) is 321 Å². The molecule has 4 nitrogen and oxygen atoms in total. The van der Waals surface area contributed by atoms with Gasteiger partial charge in [0.05, 0.1) is 18.8 Å². The maximum absolute atomic E-state index is 12.4. The predicted molar refractivity (Wildman–Crippen MR) is 285 cm³/mol. The highest BCUT2D eigenvalue weighted by Gasteiger charge is 2.18. The quantitative estimate of drug-likeness (QED) is 0.0421. The van der Waals surface area contributed by atoms with Crippen molar-refractivity contribution in [3.05, 3.63) is 48.6 Å². The summed E-state index contributed by atoms with van der Waals surface area (Å²) in [6, 6.07) is -0.643. The standard InChI is InChI=1S/C60H113NO3/c1-3-5-7-9-11-13-15-17-18-19-20-21-22-23-24-25-26-27-28-29-30-31-32-33-34-35-36-37-38-39-40-41-42-44-46-48-50-52-54-56-60(64)61-58(57-62)59(63)55-53-51-49-47-45-43-16-14-12-10-8-6-4-2/h12,14,19-20,45,47,53,55,58-59,62-63H,3-11,13,15-18,21-44,46,48-52,54,56-57H2,1-2H3,(H,61,64)/b14-12+,20-19-,47-45+,55-53+. The Bertz CT molecular complexity index is 1020. The third-order valence-electron chi connectivity index (χ3n) is 13.3. The SMILES string of the molecule is CCCCC/C=C/CC/C=C/CC/C=C/C(O)C(CO)NC(=O)CCCCCCCCCCCCCCCCCCCCCCCCCCCCC/C=C\CCCCCCCCCC. The van der Waals surface area contributed by atoms with E-state index in [4.69, 9.17) is 0 Å². The molecule has 0 aliphatic rings. The number of allylic oxidation sites excluding steroid dienone is 7. The molecule has 2 atom stereocenters. The zero-order valence-corrected chi connectivity index (χ0v) is 43.3. The smallest absolute Gasteiger partial charge is 0.220 e. The molecule has 0 aliphatic heterocycles. The monoisotopic (exact) mass is 896 g/mol. The third-order valence-corrected chi connectivity index (χ3v) is 13.3. The van der Waals surface area contributed by atoms with E-state index in [9.17, 15) is 15.0 Å². The molecular weight excluding hydrogens is 783 g/mol. The van der Waals surface area contributed by atoms with Crippen LogP contribution in [0.1, 0.15) is 309 Å². The Morgan fingerprint density at radius 3 is 0.938 bits per heavy atom. The van der Waals surface area contributed by atoms with Crippen molar-refractivity contribution < 1.29 is 15.0 Å². The van der Waals surface area contributed by atoms with Crippen LogP contribution >= 0.6 is 0 Å².